The van der Waals surface area contributed by atoms with Crippen molar-refractivity contribution < 1.29 is 4.79 Å². The molecule has 0 aromatic heterocycles. The molecule has 86 valence electrons. The van der Waals surface area contributed by atoms with Crippen LogP contribution in [0.3, 0.4) is 0 Å². The fourth-order valence-corrected chi connectivity index (χ4v) is 2.02. The Hall–Kier alpha value is -1.55. The molecule has 1 aliphatic heterocycles. The second kappa shape index (κ2) is 4.14. The molecule has 1 aromatic rings. The number of hydrazine groups is 1. The van der Waals surface area contributed by atoms with Crippen molar-refractivity contribution in [2.75, 3.05) is 18.6 Å². The molecule has 1 aliphatic rings. The molecule has 0 radical (unpaired) electrons. The number of nitrogens with two attached hydrogens (primary N) is 1. The first-order valence-electron chi connectivity index (χ1n) is 5.47. The van der Waals surface area contributed by atoms with Crippen molar-refractivity contribution in [3.8, 4) is 0 Å². The highest BCUT2D eigenvalue weighted by Gasteiger charge is 2.32. The lowest BCUT2D eigenvalue weighted by atomic mass is 10.1. The fraction of sp³-hybridized carbons (Fsp3) is 0.417. The second-order valence-corrected chi connectivity index (χ2v) is 4.22. The van der Waals surface area contributed by atoms with Crippen LogP contribution >= 0.6 is 0 Å². The SMILES string of the molecule is CC1CN(c2cccc(CN)c2)N(C)C1=O. The van der Waals surface area contributed by atoms with Crippen molar-refractivity contribution >= 4 is 11.6 Å². The van der Waals surface area contributed by atoms with E-state index in [2.05, 4.69) is 0 Å². The molecule has 1 saturated heterocycles. The summed E-state index contributed by atoms with van der Waals surface area (Å²) in [7, 11) is 1.81. The molecule has 1 unspecified atom stereocenters. The van der Waals surface area contributed by atoms with E-state index >= 15 is 0 Å². The average Bonchev–Trinajstić information content (AvgIpc) is 2.57. The summed E-state index contributed by atoms with van der Waals surface area (Å²) in [5, 5.41) is 3.67. The lowest BCUT2D eigenvalue weighted by Gasteiger charge is -2.26. The van der Waals surface area contributed by atoms with E-state index in [9.17, 15) is 4.79 Å². The first-order valence-corrected chi connectivity index (χ1v) is 5.47. The minimum absolute atomic E-state index is 0.0616. The maximum Gasteiger partial charge on any atom is 0.245 e. The topological polar surface area (TPSA) is 49.6 Å². The van der Waals surface area contributed by atoms with Crippen molar-refractivity contribution in [1.82, 2.24) is 5.01 Å². The number of amides is 1. The van der Waals surface area contributed by atoms with E-state index in [-0.39, 0.29) is 11.8 Å². The zero-order valence-corrected chi connectivity index (χ0v) is 9.68. The summed E-state index contributed by atoms with van der Waals surface area (Å²) in [6.07, 6.45) is 0. The number of anilines is 1. The number of benzene rings is 1. The number of carbonyl (C=O) groups excluding carboxylic acids is 1. The van der Waals surface area contributed by atoms with Gasteiger partial charge in [0.05, 0.1) is 18.2 Å². The number of rotatable bonds is 2. The third kappa shape index (κ3) is 1.76. The smallest absolute Gasteiger partial charge is 0.245 e. The number of nitrogens with zero attached hydrogens (tertiary/aromatic N) is 2. The third-order valence-electron chi connectivity index (χ3n) is 2.99. The van der Waals surface area contributed by atoms with Gasteiger partial charge in [0.1, 0.15) is 0 Å². The monoisotopic (exact) mass is 219 g/mol. The summed E-state index contributed by atoms with van der Waals surface area (Å²) < 4.78 is 0. The van der Waals surface area contributed by atoms with Gasteiger partial charge in [-0.05, 0) is 17.7 Å². The molecule has 16 heavy (non-hydrogen) atoms. The highest BCUT2D eigenvalue weighted by molar-refractivity contribution is 5.83. The Morgan fingerprint density at radius 3 is 2.81 bits per heavy atom. The Labute approximate surface area is 95.6 Å². The zero-order valence-electron chi connectivity index (χ0n) is 9.68. The number of hydrogen-bond donors (Lipinski definition) is 1. The lowest BCUT2D eigenvalue weighted by Crippen LogP contribution is -2.35. The van der Waals surface area contributed by atoms with Crippen LogP contribution in [0, 0.1) is 5.92 Å². The van der Waals surface area contributed by atoms with Crippen molar-refractivity contribution in [2.24, 2.45) is 11.7 Å². The minimum atomic E-state index is 0.0616. The normalized spacial score (nSPS) is 20.7. The predicted octanol–water partition coefficient (Wildman–Crippen LogP) is 0.975. The van der Waals surface area contributed by atoms with Crippen molar-refractivity contribution in [1.29, 1.82) is 0 Å². The molecule has 1 atom stereocenters. The van der Waals surface area contributed by atoms with Gasteiger partial charge < -0.3 is 5.73 Å². The molecule has 2 rings (SSSR count). The maximum atomic E-state index is 11.7. The van der Waals surface area contributed by atoms with Crippen LogP contribution in [0.25, 0.3) is 0 Å². The highest BCUT2D eigenvalue weighted by atomic mass is 16.2. The second-order valence-electron chi connectivity index (χ2n) is 4.22. The summed E-state index contributed by atoms with van der Waals surface area (Å²) >= 11 is 0. The largest absolute Gasteiger partial charge is 0.326 e. The van der Waals surface area contributed by atoms with Gasteiger partial charge in [0, 0.05) is 13.6 Å². The zero-order chi connectivity index (χ0) is 11.7. The van der Waals surface area contributed by atoms with E-state index in [4.69, 9.17) is 5.73 Å². The molecular weight excluding hydrogens is 202 g/mol. The van der Waals surface area contributed by atoms with Gasteiger partial charge >= 0.3 is 0 Å². The quantitative estimate of drug-likeness (QED) is 0.806. The Kier molecular flexibility index (Phi) is 2.83. The molecular formula is C12H17N3O. The Balaban J connectivity index is 2.27. The van der Waals surface area contributed by atoms with Crippen molar-refractivity contribution in [3.63, 3.8) is 0 Å². The van der Waals surface area contributed by atoms with Gasteiger partial charge in [-0.25, -0.2) is 0 Å². The van der Waals surface area contributed by atoms with Crippen LogP contribution in [0.15, 0.2) is 24.3 Å². The van der Waals surface area contributed by atoms with Crippen LogP contribution in [0.1, 0.15) is 12.5 Å². The van der Waals surface area contributed by atoms with Gasteiger partial charge in [-0.3, -0.25) is 14.8 Å². The summed E-state index contributed by atoms with van der Waals surface area (Å²) in [5.74, 6) is 0.227. The van der Waals surface area contributed by atoms with Crippen molar-refractivity contribution in [2.45, 2.75) is 13.5 Å². The maximum absolute atomic E-state index is 11.7. The minimum Gasteiger partial charge on any atom is -0.326 e. The van der Waals surface area contributed by atoms with Gasteiger partial charge in [0.2, 0.25) is 5.91 Å². The van der Waals surface area contributed by atoms with Gasteiger partial charge in [-0.1, -0.05) is 19.1 Å². The van der Waals surface area contributed by atoms with Gasteiger partial charge in [0.25, 0.3) is 0 Å². The van der Waals surface area contributed by atoms with Gasteiger partial charge in [-0.2, -0.15) is 0 Å². The Morgan fingerprint density at radius 1 is 1.50 bits per heavy atom. The molecule has 1 heterocycles. The van der Waals surface area contributed by atoms with E-state index in [0.717, 1.165) is 17.8 Å². The Bertz CT molecular complexity index is 405. The van der Waals surface area contributed by atoms with Crippen LogP contribution in [0.5, 0.6) is 0 Å². The molecule has 4 heteroatoms. The van der Waals surface area contributed by atoms with E-state index in [0.29, 0.717) is 6.54 Å². The molecule has 1 aromatic carbocycles. The summed E-state index contributed by atoms with van der Waals surface area (Å²) in [4.78, 5) is 11.7. The first kappa shape index (κ1) is 11.0. The summed E-state index contributed by atoms with van der Waals surface area (Å²) in [6, 6.07) is 7.99. The number of hydrogen-bond acceptors (Lipinski definition) is 3. The predicted molar refractivity (Wildman–Crippen MR) is 63.6 cm³/mol. The van der Waals surface area contributed by atoms with E-state index in [1.165, 1.54) is 0 Å². The van der Waals surface area contributed by atoms with E-state index in [1.54, 1.807) is 12.1 Å². The Morgan fingerprint density at radius 2 is 2.25 bits per heavy atom. The van der Waals surface area contributed by atoms with Crippen LogP contribution < -0.4 is 10.7 Å². The third-order valence-corrected chi connectivity index (χ3v) is 2.99. The summed E-state index contributed by atoms with van der Waals surface area (Å²) in [5.41, 5.74) is 7.72. The molecule has 4 nitrogen and oxygen atoms in total. The fourth-order valence-electron chi connectivity index (χ4n) is 2.02. The van der Waals surface area contributed by atoms with E-state index in [1.807, 2.05) is 36.2 Å². The van der Waals surface area contributed by atoms with Crippen LogP contribution in [-0.2, 0) is 11.3 Å². The molecule has 0 bridgehead atoms. The molecule has 0 aliphatic carbocycles. The van der Waals surface area contributed by atoms with Gasteiger partial charge in [0.15, 0.2) is 0 Å². The molecule has 1 amide bonds. The van der Waals surface area contributed by atoms with Gasteiger partial charge in [-0.15, -0.1) is 0 Å². The molecule has 2 N–H and O–H groups in total. The number of carbonyl (C=O) groups is 1. The molecule has 1 fully saturated rings. The van der Waals surface area contributed by atoms with E-state index < -0.39 is 0 Å². The van der Waals surface area contributed by atoms with Crippen LogP contribution in [-0.4, -0.2) is 24.5 Å². The first-order chi connectivity index (χ1) is 7.63. The summed E-state index contributed by atoms with van der Waals surface area (Å²) in [6.45, 7) is 3.21. The molecule has 0 saturated carbocycles. The standard InChI is InChI=1S/C12H17N3O/c1-9-8-15(14(2)12(9)16)11-5-3-4-10(6-11)7-13/h3-6,9H,7-8,13H2,1-2H3. The van der Waals surface area contributed by atoms with Crippen LogP contribution in [0.2, 0.25) is 0 Å². The molecule has 0 spiro atoms. The highest BCUT2D eigenvalue weighted by Crippen LogP contribution is 2.24. The van der Waals surface area contributed by atoms with Crippen LogP contribution in [0.4, 0.5) is 5.69 Å². The average molecular weight is 219 g/mol. The lowest BCUT2D eigenvalue weighted by molar-refractivity contribution is -0.129. The van der Waals surface area contributed by atoms with Crippen molar-refractivity contribution in [3.05, 3.63) is 29.8 Å².